The predicted octanol–water partition coefficient (Wildman–Crippen LogP) is 3.49. The van der Waals surface area contributed by atoms with E-state index in [2.05, 4.69) is 19.2 Å². The van der Waals surface area contributed by atoms with Crippen LogP contribution in [0.15, 0.2) is 0 Å². The van der Waals surface area contributed by atoms with Gasteiger partial charge in [0.05, 0.1) is 6.42 Å². The summed E-state index contributed by atoms with van der Waals surface area (Å²) in [6.07, 6.45) is 3.15. The van der Waals surface area contributed by atoms with Crippen LogP contribution in [0.4, 0.5) is 4.79 Å². The van der Waals surface area contributed by atoms with Crippen molar-refractivity contribution in [2.24, 2.45) is 5.92 Å². The maximum Gasteiger partial charge on any atom is 0.318 e. The SMILES string of the molecule is CC(C)CCCC(C)NC(=O)N(CCC(=O)O)C(C)(C)C. The van der Waals surface area contributed by atoms with E-state index in [4.69, 9.17) is 5.11 Å². The Bertz CT molecular complexity index is 335. The minimum absolute atomic E-state index is 0.0353. The van der Waals surface area contributed by atoms with Crippen LogP contribution in [-0.4, -0.2) is 40.1 Å². The highest BCUT2D eigenvalue weighted by atomic mass is 16.4. The van der Waals surface area contributed by atoms with Crippen molar-refractivity contribution >= 4 is 12.0 Å². The quantitative estimate of drug-likeness (QED) is 0.721. The van der Waals surface area contributed by atoms with Gasteiger partial charge in [-0.1, -0.05) is 26.7 Å². The molecular formula is C16H32N2O3. The molecule has 0 aliphatic rings. The molecule has 0 fully saturated rings. The molecule has 0 aliphatic heterocycles. The highest BCUT2D eigenvalue weighted by molar-refractivity contribution is 5.76. The number of aliphatic carboxylic acids is 1. The molecule has 1 unspecified atom stereocenters. The van der Waals surface area contributed by atoms with Crippen molar-refractivity contribution in [3.63, 3.8) is 0 Å². The summed E-state index contributed by atoms with van der Waals surface area (Å²) in [5.41, 5.74) is -0.392. The Hall–Kier alpha value is -1.26. The number of carboxylic acid groups (broad SMARTS) is 1. The van der Waals surface area contributed by atoms with E-state index < -0.39 is 11.5 Å². The van der Waals surface area contributed by atoms with Gasteiger partial charge in [0, 0.05) is 18.1 Å². The molecular weight excluding hydrogens is 268 g/mol. The fourth-order valence-corrected chi connectivity index (χ4v) is 2.14. The summed E-state index contributed by atoms with van der Waals surface area (Å²) in [6, 6.07) is -0.0771. The smallest absolute Gasteiger partial charge is 0.318 e. The third-order valence-corrected chi connectivity index (χ3v) is 3.39. The Morgan fingerprint density at radius 1 is 1.14 bits per heavy atom. The number of carbonyl (C=O) groups excluding carboxylic acids is 1. The van der Waals surface area contributed by atoms with Crippen LogP contribution in [0.3, 0.4) is 0 Å². The van der Waals surface area contributed by atoms with Crippen LogP contribution in [0.2, 0.25) is 0 Å². The number of rotatable bonds is 8. The van der Waals surface area contributed by atoms with Crippen LogP contribution < -0.4 is 5.32 Å². The summed E-state index contributed by atoms with van der Waals surface area (Å²) < 4.78 is 0. The molecule has 2 amide bonds. The van der Waals surface area contributed by atoms with Crippen molar-refractivity contribution in [3.05, 3.63) is 0 Å². The van der Waals surface area contributed by atoms with E-state index in [1.165, 1.54) is 0 Å². The van der Waals surface area contributed by atoms with E-state index >= 15 is 0 Å². The summed E-state index contributed by atoms with van der Waals surface area (Å²) in [5, 5.41) is 11.8. The number of urea groups is 1. The van der Waals surface area contributed by atoms with Crippen LogP contribution in [0.25, 0.3) is 0 Å². The molecule has 0 aromatic heterocycles. The molecule has 0 rings (SSSR count). The van der Waals surface area contributed by atoms with Crippen molar-refractivity contribution in [3.8, 4) is 0 Å². The van der Waals surface area contributed by atoms with Gasteiger partial charge in [0.1, 0.15) is 0 Å². The number of amides is 2. The molecule has 0 aliphatic carbocycles. The lowest BCUT2D eigenvalue weighted by atomic mass is 10.0. The highest BCUT2D eigenvalue weighted by Gasteiger charge is 2.27. The van der Waals surface area contributed by atoms with Crippen molar-refractivity contribution in [1.29, 1.82) is 0 Å². The van der Waals surface area contributed by atoms with Gasteiger partial charge in [0.15, 0.2) is 0 Å². The van der Waals surface area contributed by atoms with E-state index in [0.29, 0.717) is 5.92 Å². The van der Waals surface area contributed by atoms with Gasteiger partial charge in [-0.2, -0.15) is 0 Å². The van der Waals surface area contributed by atoms with Crippen molar-refractivity contribution < 1.29 is 14.7 Å². The van der Waals surface area contributed by atoms with E-state index in [9.17, 15) is 9.59 Å². The van der Waals surface area contributed by atoms with Gasteiger partial charge in [0.2, 0.25) is 0 Å². The fraction of sp³-hybridized carbons (Fsp3) is 0.875. The number of nitrogens with zero attached hydrogens (tertiary/aromatic N) is 1. The lowest BCUT2D eigenvalue weighted by Crippen LogP contribution is -2.52. The molecule has 21 heavy (non-hydrogen) atoms. The number of hydrogen-bond acceptors (Lipinski definition) is 2. The first-order valence-electron chi connectivity index (χ1n) is 7.84. The molecule has 5 heteroatoms. The van der Waals surface area contributed by atoms with Crippen LogP contribution >= 0.6 is 0 Å². The van der Waals surface area contributed by atoms with E-state index in [1.54, 1.807) is 4.90 Å². The summed E-state index contributed by atoms with van der Waals surface area (Å²) in [6.45, 7) is 12.3. The van der Waals surface area contributed by atoms with Gasteiger partial charge in [-0.05, 0) is 40.0 Å². The first-order chi connectivity index (χ1) is 9.54. The average Bonchev–Trinajstić information content (AvgIpc) is 2.25. The van der Waals surface area contributed by atoms with Gasteiger partial charge >= 0.3 is 12.0 Å². The highest BCUT2D eigenvalue weighted by Crippen LogP contribution is 2.15. The molecule has 0 saturated carbocycles. The number of nitrogens with one attached hydrogen (secondary N) is 1. The molecule has 0 bridgehead atoms. The molecule has 124 valence electrons. The molecule has 1 atom stereocenters. The normalized spacial score (nSPS) is 13.1. The molecule has 0 aromatic rings. The number of hydrogen-bond donors (Lipinski definition) is 2. The van der Waals surface area contributed by atoms with Gasteiger partial charge < -0.3 is 15.3 Å². The number of carbonyl (C=O) groups is 2. The molecule has 5 nitrogen and oxygen atoms in total. The zero-order valence-electron chi connectivity index (χ0n) is 14.4. The molecule has 0 saturated heterocycles. The van der Waals surface area contributed by atoms with Gasteiger partial charge in [-0.3, -0.25) is 4.79 Å². The monoisotopic (exact) mass is 300 g/mol. The van der Waals surface area contributed by atoms with Crippen LogP contribution in [-0.2, 0) is 4.79 Å². The molecule has 0 aromatic carbocycles. The van der Waals surface area contributed by atoms with Gasteiger partial charge in [0.25, 0.3) is 0 Å². The standard InChI is InChI=1S/C16H32N2O3/c1-12(2)8-7-9-13(3)17-15(21)18(16(4,5)6)11-10-14(19)20/h12-13H,7-11H2,1-6H3,(H,17,21)(H,19,20). The summed E-state index contributed by atoms with van der Waals surface area (Å²) in [7, 11) is 0. The Labute approximate surface area is 129 Å². The predicted molar refractivity (Wildman–Crippen MR) is 85.4 cm³/mol. The second kappa shape index (κ2) is 8.90. The maximum atomic E-state index is 12.3. The third-order valence-electron chi connectivity index (χ3n) is 3.39. The average molecular weight is 300 g/mol. The third kappa shape index (κ3) is 9.32. The zero-order chi connectivity index (χ0) is 16.6. The molecule has 0 heterocycles. The zero-order valence-corrected chi connectivity index (χ0v) is 14.4. The van der Waals surface area contributed by atoms with Crippen LogP contribution in [0.1, 0.15) is 67.2 Å². The minimum Gasteiger partial charge on any atom is -0.481 e. The van der Waals surface area contributed by atoms with Crippen LogP contribution in [0, 0.1) is 5.92 Å². The van der Waals surface area contributed by atoms with E-state index in [0.717, 1.165) is 19.3 Å². The topological polar surface area (TPSA) is 69.6 Å². The molecule has 2 N–H and O–H groups in total. The molecule has 0 radical (unpaired) electrons. The van der Waals surface area contributed by atoms with Gasteiger partial charge in [-0.25, -0.2) is 4.79 Å². The summed E-state index contributed by atoms with van der Waals surface area (Å²) in [5.74, 6) is -0.212. The summed E-state index contributed by atoms with van der Waals surface area (Å²) in [4.78, 5) is 24.7. The van der Waals surface area contributed by atoms with Crippen molar-refractivity contribution in [2.45, 2.75) is 78.8 Å². The number of carboxylic acids is 1. The fourth-order valence-electron chi connectivity index (χ4n) is 2.14. The second-order valence-corrected chi connectivity index (χ2v) is 7.14. The lowest BCUT2D eigenvalue weighted by Gasteiger charge is -2.36. The minimum atomic E-state index is -0.887. The van der Waals surface area contributed by atoms with Crippen molar-refractivity contribution in [1.82, 2.24) is 10.2 Å². The first-order valence-corrected chi connectivity index (χ1v) is 7.84. The Morgan fingerprint density at radius 3 is 2.14 bits per heavy atom. The second-order valence-electron chi connectivity index (χ2n) is 7.14. The summed E-state index contributed by atoms with van der Waals surface area (Å²) >= 11 is 0. The Kier molecular flexibility index (Phi) is 8.37. The van der Waals surface area contributed by atoms with Crippen molar-refractivity contribution in [2.75, 3.05) is 6.54 Å². The molecule has 0 spiro atoms. The van der Waals surface area contributed by atoms with Crippen LogP contribution in [0.5, 0.6) is 0 Å². The lowest BCUT2D eigenvalue weighted by molar-refractivity contribution is -0.137. The van der Waals surface area contributed by atoms with E-state index in [1.807, 2.05) is 27.7 Å². The maximum absolute atomic E-state index is 12.3. The van der Waals surface area contributed by atoms with E-state index in [-0.39, 0.29) is 25.0 Å². The largest absolute Gasteiger partial charge is 0.481 e. The first kappa shape index (κ1) is 19.7. The van der Waals surface area contributed by atoms with Gasteiger partial charge in [-0.15, -0.1) is 0 Å². The Balaban J connectivity index is 4.42. The Morgan fingerprint density at radius 2 is 1.71 bits per heavy atom.